The van der Waals surface area contributed by atoms with Gasteiger partial charge in [-0.1, -0.05) is 35.4 Å². The third kappa shape index (κ3) is 3.92. The molecule has 0 aromatic heterocycles. The average Bonchev–Trinajstić information content (AvgIpc) is 2.61. The second-order valence-corrected chi connectivity index (χ2v) is 9.19. The van der Waals surface area contributed by atoms with Crippen LogP contribution < -0.4 is 0 Å². The topological polar surface area (TPSA) is 57.7 Å². The summed E-state index contributed by atoms with van der Waals surface area (Å²) in [6.07, 6.45) is 0. The number of amides is 1. The molecule has 1 fully saturated rings. The van der Waals surface area contributed by atoms with Crippen molar-refractivity contribution in [2.45, 2.75) is 32.6 Å². The van der Waals surface area contributed by atoms with Crippen molar-refractivity contribution in [2.24, 2.45) is 0 Å². The van der Waals surface area contributed by atoms with Crippen LogP contribution in [-0.4, -0.2) is 49.7 Å². The monoisotopic (exact) mass is 386 g/mol. The van der Waals surface area contributed by atoms with Crippen LogP contribution in [0.3, 0.4) is 0 Å². The predicted octanol–water partition coefficient (Wildman–Crippen LogP) is 3.07. The number of carbonyl (C=O) groups is 1. The minimum atomic E-state index is -3.54. The quantitative estimate of drug-likeness (QED) is 0.815. The Morgan fingerprint density at radius 3 is 1.93 bits per heavy atom. The molecule has 3 rings (SSSR count). The fourth-order valence-electron chi connectivity index (χ4n) is 3.58. The zero-order valence-electron chi connectivity index (χ0n) is 16.3. The summed E-state index contributed by atoms with van der Waals surface area (Å²) >= 11 is 0. The van der Waals surface area contributed by atoms with E-state index < -0.39 is 10.0 Å². The van der Waals surface area contributed by atoms with Crippen LogP contribution in [-0.2, 0) is 10.0 Å². The van der Waals surface area contributed by atoms with E-state index in [2.05, 4.69) is 0 Å². The Morgan fingerprint density at radius 2 is 1.37 bits per heavy atom. The predicted molar refractivity (Wildman–Crippen MR) is 106 cm³/mol. The lowest BCUT2D eigenvalue weighted by molar-refractivity contribution is 0.0697. The molecule has 144 valence electrons. The van der Waals surface area contributed by atoms with Crippen molar-refractivity contribution in [2.75, 3.05) is 26.2 Å². The first-order valence-electron chi connectivity index (χ1n) is 9.14. The Bertz CT molecular complexity index is 975. The Balaban J connectivity index is 1.74. The van der Waals surface area contributed by atoms with E-state index in [0.29, 0.717) is 36.6 Å². The molecule has 1 heterocycles. The molecule has 2 aromatic carbocycles. The van der Waals surface area contributed by atoms with Crippen LogP contribution in [0.2, 0.25) is 0 Å². The van der Waals surface area contributed by atoms with E-state index in [0.717, 1.165) is 22.3 Å². The van der Waals surface area contributed by atoms with Gasteiger partial charge in [0.25, 0.3) is 5.91 Å². The van der Waals surface area contributed by atoms with E-state index >= 15 is 0 Å². The normalized spacial score (nSPS) is 15.8. The number of sulfonamides is 1. The molecule has 27 heavy (non-hydrogen) atoms. The Labute approximate surface area is 161 Å². The van der Waals surface area contributed by atoms with Crippen LogP contribution in [0.15, 0.2) is 41.3 Å². The summed E-state index contributed by atoms with van der Waals surface area (Å²) in [5.74, 6) is -0.0314. The van der Waals surface area contributed by atoms with Crippen LogP contribution in [0.4, 0.5) is 0 Å². The van der Waals surface area contributed by atoms with Crippen molar-refractivity contribution in [3.05, 3.63) is 64.2 Å². The summed E-state index contributed by atoms with van der Waals surface area (Å²) in [5, 5.41) is 0. The maximum absolute atomic E-state index is 13.0. The lowest BCUT2D eigenvalue weighted by Crippen LogP contribution is -2.50. The van der Waals surface area contributed by atoms with E-state index in [-0.39, 0.29) is 5.91 Å². The second-order valence-electron chi connectivity index (χ2n) is 7.28. The number of aryl methyl sites for hydroxylation is 4. The molecule has 0 spiro atoms. The van der Waals surface area contributed by atoms with Gasteiger partial charge in [-0.3, -0.25) is 4.79 Å². The SMILES string of the molecule is Cc1ccc(C(=O)N2CCN(S(=O)(=O)c3ccc(C)cc3C)CC2)c(C)c1. The van der Waals surface area contributed by atoms with Crippen LogP contribution >= 0.6 is 0 Å². The minimum Gasteiger partial charge on any atom is -0.336 e. The number of rotatable bonds is 3. The Hall–Kier alpha value is -2.18. The van der Waals surface area contributed by atoms with Gasteiger partial charge in [-0.15, -0.1) is 0 Å². The number of piperazine rings is 1. The average molecular weight is 387 g/mol. The molecule has 0 bridgehead atoms. The molecule has 6 heteroatoms. The zero-order chi connectivity index (χ0) is 19.8. The number of nitrogens with zero attached hydrogens (tertiary/aromatic N) is 2. The van der Waals surface area contributed by atoms with E-state index in [1.54, 1.807) is 11.0 Å². The number of benzene rings is 2. The van der Waals surface area contributed by atoms with Gasteiger partial charge >= 0.3 is 0 Å². The number of hydrogen-bond acceptors (Lipinski definition) is 3. The van der Waals surface area contributed by atoms with Crippen LogP contribution in [0.1, 0.15) is 32.6 Å². The van der Waals surface area contributed by atoms with Crippen molar-refractivity contribution < 1.29 is 13.2 Å². The first-order valence-corrected chi connectivity index (χ1v) is 10.6. The van der Waals surface area contributed by atoms with E-state index in [4.69, 9.17) is 0 Å². The van der Waals surface area contributed by atoms with Gasteiger partial charge in [0.05, 0.1) is 4.90 Å². The summed E-state index contributed by atoms with van der Waals surface area (Å²) in [7, 11) is -3.54. The maximum Gasteiger partial charge on any atom is 0.254 e. The summed E-state index contributed by atoms with van der Waals surface area (Å²) in [6, 6.07) is 11.2. The number of hydrogen-bond donors (Lipinski definition) is 0. The van der Waals surface area contributed by atoms with Crippen LogP contribution in [0, 0.1) is 27.7 Å². The van der Waals surface area contributed by atoms with Crippen molar-refractivity contribution in [1.29, 1.82) is 0 Å². The largest absolute Gasteiger partial charge is 0.336 e. The van der Waals surface area contributed by atoms with Gasteiger partial charge in [-0.2, -0.15) is 4.31 Å². The fourth-order valence-corrected chi connectivity index (χ4v) is 5.21. The lowest BCUT2D eigenvalue weighted by atomic mass is 10.0. The molecular formula is C21H26N2O3S. The molecule has 0 unspecified atom stereocenters. The van der Waals surface area contributed by atoms with Crippen molar-refractivity contribution in [1.82, 2.24) is 9.21 Å². The molecule has 0 N–H and O–H groups in total. The lowest BCUT2D eigenvalue weighted by Gasteiger charge is -2.34. The molecule has 1 aliphatic heterocycles. The van der Waals surface area contributed by atoms with Crippen molar-refractivity contribution >= 4 is 15.9 Å². The van der Waals surface area contributed by atoms with Crippen LogP contribution in [0.25, 0.3) is 0 Å². The third-order valence-corrected chi connectivity index (χ3v) is 7.15. The van der Waals surface area contributed by atoms with Crippen molar-refractivity contribution in [3.8, 4) is 0 Å². The second kappa shape index (κ2) is 7.44. The van der Waals surface area contributed by atoms with Crippen LogP contribution in [0.5, 0.6) is 0 Å². The summed E-state index contributed by atoms with van der Waals surface area (Å²) < 4.78 is 27.4. The van der Waals surface area contributed by atoms with E-state index in [9.17, 15) is 13.2 Å². The third-order valence-electron chi connectivity index (χ3n) is 5.09. The maximum atomic E-state index is 13.0. The highest BCUT2D eigenvalue weighted by molar-refractivity contribution is 7.89. The zero-order valence-corrected chi connectivity index (χ0v) is 17.1. The standard InChI is InChI=1S/C21H26N2O3S/c1-15-5-7-19(17(3)13-15)21(24)22-9-11-23(12-10-22)27(25,26)20-8-6-16(2)14-18(20)4/h5-8,13-14H,9-12H2,1-4H3. The summed E-state index contributed by atoms with van der Waals surface area (Å²) in [5.41, 5.74) is 4.55. The highest BCUT2D eigenvalue weighted by Crippen LogP contribution is 2.23. The highest BCUT2D eigenvalue weighted by atomic mass is 32.2. The fraction of sp³-hybridized carbons (Fsp3) is 0.381. The molecule has 1 amide bonds. The Kier molecular flexibility index (Phi) is 5.40. The molecule has 0 saturated carbocycles. The first-order chi connectivity index (χ1) is 12.7. The van der Waals surface area contributed by atoms with Crippen molar-refractivity contribution in [3.63, 3.8) is 0 Å². The molecule has 5 nitrogen and oxygen atoms in total. The number of carbonyl (C=O) groups excluding carboxylic acids is 1. The van der Waals surface area contributed by atoms with Gasteiger partial charge in [0.15, 0.2) is 0 Å². The van der Waals surface area contributed by atoms with E-state index in [1.807, 2.05) is 58.0 Å². The van der Waals surface area contributed by atoms with Gasteiger partial charge in [0, 0.05) is 31.7 Å². The molecule has 2 aromatic rings. The van der Waals surface area contributed by atoms with E-state index in [1.165, 1.54) is 4.31 Å². The van der Waals surface area contributed by atoms with Gasteiger partial charge in [-0.05, 0) is 51.0 Å². The minimum absolute atomic E-state index is 0.0314. The van der Waals surface area contributed by atoms with Gasteiger partial charge < -0.3 is 4.90 Å². The van der Waals surface area contributed by atoms with Gasteiger partial charge in [-0.25, -0.2) is 8.42 Å². The highest BCUT2D eigenvalue weighted by Gasteiger charge is 2.31. The molecule has 0 aliphatic carbocycles. The van der Waals surface area contributed by atoms with Gasteiger partial charge in [0.2, 0.25) is 10.0 Å². The first kappa shape index (κ1) is 19.6. The molecule has 1 aliphatic rings. The smallest absolute Gasteiger partial charge is 0.254 e. The molecule has 0 atom stereocenters. The summed E-state index contributed by atoms with van der Waals surface area (Å²) in [4.78, 5) is 14.9. The van der Waals surface area contributed by atoms with Gasteiger partial charge in [0.1, 0.15) is 0 Å². The summed E-state index contributed by atoms with van der Waals surface area (Å²) in [6.45, 7) is 9.12. The Morgan fingerprint density at radius 1 is 0.815 bits per heavy atom. The molecule has 1 saturated heterocycles. The molecular weight excluding hydrogens is 360 g/mol. The molecule has 0 radical (unpaired) electrons.